The van der Waals surface area contributed by atoms with E-state index in [2.05, 4.69) is 25.9 Å². The Bertz CT molecular complexity index is 582. The molecular formula is C10H9F3N6O. The maximum absolute atomic E-state index is 12.1. The van der Waals surface area contributed by atoms with Gasteiger partial charge in [0.2, 0.25) is 0 Å². The van der Waals surface area contributed by atoms with Crippen molar-refractivity contribution in [2.45, 2.75) is 12.7 Å². The normalized spacial score (nSPS) is 11.2. The highest BCUT2D eigenvalue weighted by molar-refractivity contribution is 5.98. The standard InChI is InChI=1S/C10H9F3N6O/c11-10(12,13)6-19-5-3-8(18-19)16-9(20)15-7-2-1-4-14-17-7/h1-5H,6H2,(H2,15,16,17,18,20). The molecule has 2 rings (SSSR count). The topological polar surface area (TPSA) is 84.7 Å². The third kappa shape index (κ3) is 4.23. The van der Waals surface area contributed by atoms with Crippen LogP contribution in [-0.4, -0.2) is 32.2 Å². The van der Waals surface area contributed by atoms with Crippen LogP contribution in [0.4, 0.5) is 29.6 Å². The Morgan fingerprint density at radius 1 is 1.25 bits per heavy atom. The van der Waals surface area contributed by atoms with Crippen LogP contribution in [0, 0.1) is 0 Å². The molecule has 0 atom stereocenters. The van der Waals surface area contributed by atoms with E-state index in [1.807, 2.05) is 0 Å². The Labute approximate surface area is 110 Å². The van der Waals surface area contributed by atoms with E-state index < -0.39 is 18.8 Å². The fourth-order valence-corrected chi connectivity index (χ4v) is 1.33. The number of urea groups is 1. The number of halogens is 3. The minimum Gasteiger partial charge on any atom is -0.291 e. The van der Waals surface area contributed by atoms with Gasteiger partial charge in [-0.25, -0.2) is 4.79 Å². The molecule has 0 radical (unpaired) electrons. The van der Waals surface area contributed by atoms with Gasteiger partial charge >= 0.3 is 12.2 Å². The number of carbonyl (C=O) groups excluding carboxylic acids is 1. The molecule has 0 aliphatic heterocycles. The summed E-state index contributed by atoms with van der Waals surface area (Å²) in [6.07, 6.45) is -1.82. The van der Waals surface area contributed by atoms with E-state index >= 15 is 0 Å². The van der Waals surface area contributed by atoms with E-state index in [0.717, 1.165) is 6.20 Å². The van der Waals surface area contributed by atoms with Crippen LogP contribution in [-0.2, 0) is 6.54 Å². The molecule has 0 aliphatic carbocycles. The largest absolute Gasteiger partial charge is 0.408 e. The van der Waals surface area contributed by atoms with Crippen molar-refractivity contribution in [1.29, 1.82) is 0 Å². The molecule has 0 fully saturated rings. The summed E-state index contributed by atoms with van der Waals surface area (Å²) in [5.41, 5.74) is 0. The van der Waals surface area contributed by atoms with E-state index in [1.54, 1.807) is 6.07 Å². The van der Waals surface area contributed by atoms with Crippen LogP contribution in [0.2, 0.25) is 0 Å². The van der Waals surface area contributed by atoms with Gasteiger partial charge in [0.15, 0.2) is 11.6 Å². The minimum absolute atomic E-state index is 0.00404. The van der Waals surface area contributed by atoms with Crippen LogP contribution in [0.15, 0.2) is 30.6 Å². The molecule has 0 aromatic carbocycles. The number of carbonyl (C=O) groups is 1. The van der Waals surface area contributed by atoms with Crippen LogP contribution in [0.5, 0.6) is 0 Å². The minimum atomic E-state index is -4.37. The van der Waals surface area contributed by atoms with Gasteiger partial charge in [0.05, 0.1) is 0 Å². The molecule has 2 N–H and O–H groups in total. The second-order valence-electron chi connectivity index (χ2n) is 3.70. The second-order valence-corrected chi connectivity index (χ2v) is 3.70. The number of nitrogens with zero attached hydrogens (tertiary/aromatic N) is 4. The lowest BCUT2D eigenvalue weighted by Crippen LogP contribution is -2.21. The molecule has 10 heteroatoms. The zero-order valence-electron chi connectivity index (χ0n) is 9.92. The maximum atomic E-state index is 12.1. The number of hydrogen-bond donors (Lipinski definition) is 2. The molecule has 2 amide bonds. The number of aromatic nitrogens is 4. The van der Waals surface area contributed by atoms with Gasteiger partial charge in [-0.15, -0.1) is 5.10 Å². The molecule has 0 bridgehead atoms. The van der Waals surface area contributed by atoms with E-state index in [4.69, 9.17) is 0 Å². The van der Waals surface area contributed by atoms with E-state index in [0.29, 0.717) is 4.68 Å². The summed E-state index contributed by atoms with van der Waals surface area (Å²) in [5.74, 6) is 0.204. The summed E-state index contributed by atoms with van der Waals surface area (Å²) in [7, 11) is 0. The fourth-order valence-electron chi connectivity index (χ4n) is 1.33. The molecule has 2 heterocycles. The van der Waals surface area contributed by atoms with Crippen molar-refractivity contribution in [2.75, 3.05) is 10.6 Å². The first-order chi connectivity index (χ1) is 9.42. The van der Waals surface area contributed by atoms with Crippen molar-refractivity contribution in [3.05, 3.63) is 30.6 Å². The number of hydrogen-bond acceptors (Lipinski definition) is 4. The number of rotatable bonds is 3. The molecule has 20 heavy (non-hydrogen) atoms. The average molecular weight is 286 g/mol. The molecule has 0 unspecified atom stereocenters. The van der Waals surface area contributed by atoms with Crippen LogP contribution >= 0.6 is 0 Å². The Morgan fingerprint density at radius 3 is 2.65 bits per heavy atom. The van der Waals surface area contributed by atoms with Gasteiger partial charge in [-0.3, -0.25) is 15.3 Å². The Balaban J connectivity index is 1.92. The van der Waals surface area contributed by atoms with Crippen LogP contribution < -0.4 is 10.6 Å². The van der Waals surface area contributed by atoms with E-state index in [-0.39, 0.29) is 11.6 Å². The molecule has 0 aliphatic rings. The van der Waals surface area contributed by atoms with Gasteiger partial charge in [-0.1, -0.05) is 0 Å². The second kappa shape index (κ2) is 5.55. The van der Waals surface area contributed by atoms with Crippen molar-refractivity contribution in [3.8, 4) is 0 Å². The lowest BCUT2D eigenvalue weighted by molar-refractivity contribution is -0.142. The molecular weight excluding hydrogens is 277 g/mol. The zero-order chi connectivity index (χ0) is 14.6. The smallest absolute Gasteiger partial charge is 0.291 e. The molecule has 0 saturated heterocycles. The van der Waals surface area contributed by atoms with Gasteiger partial charge in [0, 0.05) is 18.5 Å². The Kier molecular flexibility index (Phi) is 3.82. The average Bonchev–Trinajstić information content (AvgIpc) is 2.75. The first-order valence-electron chi connectivity index (χ1n) is 5.38. The number of anilines is 2. The van der Waals surface area contributed by atoms with Gasteiger partial charge in [-0.05, 0) is 12.1 Å². The zero-order valence-corrected chi connectivity index (χ0v) is 9.92. The van der Waals surface area contributed by atoms with Gasteiger partial charge < -0.3 is 0 Å². The summed E-state index contributed by atoms with van der Waals surface area (Å²) in [4.78, 5) is 11.5. The molecule has 0 saturated carbocycles. The van der Waals surface area contributed by atoms with Crippen molar-refractivity contribution in [1.82, 2.24) is 20.0 Å². The highest BCUT2D eigenvalue weighted by Crippen LogP contribution is 2.17. The third-order valence-corrected chi connectivity index (χ3v) is 2.04. The molecule has 2 aromatic rings. The van der Waals surface area contributed by atoms with Crippen LogP contribution in [0.1, 0.15) is 0 Å². The molecule has 2 aromatic heterocycles. The quantitative estimate of drug-likeness (QED) is 0.902. The summed E-state index contributed by atoms with van der Waals surface area (Å²) in [6, 6.07) is 3.65. The number of alkyl halides is 3. The number of amides is 2. The summed E-state index contributed by atoms with van der Waals surface area (Å²) >= 11 is 0. The van der Waals surface area contributed by atoms with Crippen molar-refractivity contribution in [3.63, 3.8) is 0 Å². The lowest BCUT2D eigenvalue weighted by atomic mass is 10.5. The highest BCUT2D eigenvalue weighted by Gasteiger charge is 2.28. The Hall–Kier alpha value is -2.65. The third-order valence-electron chi connectivity index (χ3n) is 2.04. The first-order valence-corrected chi connectivity index (χ1v) is 5.38. The van der Waals surface area contributed by atoms with Gasteiger partial charge in [0.25, 0.3) is 0 Å². The Morgan fingerprint density at radius 2 is 2.00 bits per heavy atom. The lowest BCUT2D eigenvalue weighted by Gasteiger charge is -2.06. The number of nitrogens with one attached hydrogen (secondary N) is 2. The first kappa shape index (κ1) is 13.8. The van der Waals surface area contributed by atoms with Crippen molar-refractivity contribution < 1.29 is 18.0 Å². The summed E-state index contributed by atoms with van der Waals surface area (Å²) in [5, 5.41) is 15.4. The predicted molar refractivity (Wildman–Crippen MR) is 63.0 cm³/mol. The predicted octanol–water partition coefficient (Wildman–Crippen LogP) is 1.88. The van der Waals surface area contributed by atoms with Crippen LogP contribution in [0.25, 0.3) is 0 Å². The highest BCUT2D eigenvalue weighted by atomic mass is 19.4. The fraction of sp³-hybridized carbons (Fsp3) is 0.200. The van der Waals surface area contributed by atoms with Crippen LogP contribution in [0.3, 0.4) is 0 Å². The maximum Gasteiger partial charge on any atom is 0.408 e. The molecule has 7 nitrogen and oxygen atoms in total. The van der Waals surface area contributed by atoms with Crippen molar-refractivity contribution in [2.24, 2.45) is 0 Å². The van der Waals surface area contributed by atoms with E-state index in [9.17, 15) is 18.0 Å². The monoisotopic (exact) mass is 286 g/mol. The molecule has 106 valence electrons. The summed E-state index contributed by atoms with van der Waals surface area (Å²) in [6.45, 7) is -1.22. The van der Waals surface area contributed by atoms with Crippen molar-refractivity contribution >= 4 is 17.7 Å². The molecule has 0 spiro atoms. The summed E-state index contributed by atoms with van der Waals surface area (Å²) < 4.78 is 37.1. The SMILES string of the molecule is O=C(Nc1cccnn1)Nc1ccn(CC(F)(F)F)n1. The van der Waals surface area contributed by atoms with E-state index in [1.165, 1.54) is 18.3 Å². The van der Waals surface area contributed by atoms with Gasteiger partial charge in [0.1, 0.15) is 6.54 Å². The van der Waals surface area contributed by atoms with Gasteiger partial charge in [-0.2, -0.15) is 23.4 Å².